The normalized spacial score (nSPS) is 10.2. The summed E-state index contributed by atoms with van der Waals surface area (Å²) in [4.78, 5) is 4.67. The minimum Gasteiger partial charge on any atom is -0.366 e. The Morgan fingerprint density at radius 2 is 0.639 bits per heavy atom. The Bertz CT molecular complexity index is 2780. The van der Waals surface area contributed by atoms with Gasteiger partial charge in [-0.3, -0.25) is 11.8 Å². The number of hydrogen-bond acceptors (Lipinski definition) is 2. The van der Waals surface area contributed by atoms with E-state index in [0.29, 0.717) is 6.67 Å². The van der Waals surface area contributed by atoms with Crippen LogP contribution >= 0.6 is 0 Å². The molecule has 2 radical (unpaired) electrons. The summed E-state index contributed by atoms with van der Waals surface area (Å²) in [5.74, 6) is 4.85. The van der Waals surface area contributed by atoms with E-state index >= 15 is 0 Å². The molecule has 0 atom stereocenters. The molecule has 10 rings (SSSR count). The molecular formula is C55H42Au2N4-2. The molecule has 0 aliphatic carbocycles. The van der Waals surface area contributed by atoms with E-state index < -0.39 is 0 Å². The van der Waals surface area contributed by atoms with E-state index in [1.165, 1.54) is 55.3 Å². The average Bonchev–Trinajstić information content (AvgIpc) is 3.77. The molecule has 0 bridgehead atoms. The van der Waals surface area contributed by atoms with E-state index in [-0.39, 0.29) is 44.8 Å². The smallest absolute Gasteiger partial charge is 0.0999 e. The second kappa shape index (κ2) is 20.7. The predicted octanol–water partition coefficient (Wildman–Crippen LogP) is 13.2. The molecule has 0 fully saturated rings. The first-order valence-electron chi connectivity index (χ1n) is 19.6. The molecule has 0 amide bonds. The number of hydrogen-bond donors (Lipinski definition) is 0. The molecule has 2 aromatic heterocycles. The fraction of sp³-hybridized carbons (Fsp3) is 0.0545. The molecule has 306 valence electrons. The summed E-state index contributed by atoms with van der Waals surface area (Å²) in [7, 11) is 4.11. The number of anilines is 4. The van der Waals surface area contributed by atoms with Crippen molar-refractivity contribution in [2.45, 2.75) is 0 Å². The number of rotatable bonds is 6. The maximum atomic E-state index is 7.16. The fourth-order valence-electron chi connectivity index (χ4n) is 7.67. The van der Waals surface area contributed by atoms with Crippen LogP contribution in [0.15, 0.2) is 206 Å². The van der Waals surface area contributed by atoms with Gasteiger partial charge in [-0.25, -0.2) is 0 Å². The zero-order valence-electron chi connectivity index (χ0n) is 33.7. The Labute approximate surface area is 390 Å². The quantitative estimate of drug-likeness (QED) is 0.0714. The summed E-state index contributed by atoms with van der Waals surface area (Å²) in [5, 5.41) is 4.99. The molecule has 0 aliphatic heterocycles. The van der Waals surface area contributed by atoms with E-state index in [0.717, 1.165) is 22.2 Å². The third kappa shape index (κ3) is 9.64. The van der Waals surface area contributed by atoms with Crippen molar-refractivity contribution >= 4 is 66.4 Å². The molecule has 2 heterocycles. The van der Waals surface area contributed by atoms with Crippen LogP contribution < -0.4 is 9.80 Å². The molecule has 4 nitrogen and oxygen atoms in total. The molecule has 0 aliphatic rings. The molecule has 61 heavy (non-hydrogen) atoms. The predicted molar refractivity (Wildman–Crippen MR) is 248 cm³/mol. The second-order valence-corrected chi connectivity index (χ2v) is 14.2. The maximum Gasteiger partial charge on any atom is 0.0999 e. The first kappa shape index (κ1) is 44.1. The third-order valence-electron chi connectivity index (χ3n) is 10.7. The Hall–Kier alpha value is -6.44. The van der Waals surface area contributed by atoms with Gasteiger partial charge in [0.15, 0.2) is 0 Å². The van der Waals surface area contributed by atoms with Gasteiger partial charge in [-0.15, -0.1) is 35.4 Å². The maximum absolute atomic E-state index is 7.16. The number of para-hydroxylation sites is 6. The summed E-state index contributed by atoms with van der Waals surface area (Å²) in [6, 6.07) is 70.8. The molecule has 0 unspecified atom stereocenters. The summed E-state index contributed by atoms with van der Waals surface area (Å²) >= 11 is 0. The summed E-state index contributed by atoms with van der Waals surface area (Å²) in [6.07, 6.45) is 14.3. The van der Waals surface area contributed by atoms with Crippen LogP contribution in [0.4, 0.5) is 22.7 Å². The van der Waals surface area contributed by atoms with E-state index in [1.807, 2.05) is 36.4 Å². The topological polar surface area (TPSA) is 16.3 Å². The van der Waals surface area contributed by atoms with Gasteiger partial charge >= 0.3 is 0 Å². The van der Waals surface area contributed by atoms with Crippen LogP contribution in [0, 0.1) is 24.7 Å². The van der Waals surface area contributed by atoms with Crippen LogP contribution in [0.5, 0.6) is 0 Å². The Balaban J connectivity index is 0.000000159. The van der Waals surface area contributed by atoms with Crippen molar-refractivity contribution in [3.05, 3.63) is 230 Å². The molecule has 8 aromatic carbocycles. The van der Waals surface area contributed by atoms with E-state index in [9.17, 15) is 0 Å². The Morgan fingerprint density at radius 3 is 0.951 bits per heavy atom. The van der Waals surface area contributed by atoms with Crippen molar-refractivity contribution in [1.82, 2.24) is 9.13 Å². The van der Waals surface area contributed by atoms with Crippen LogP contribution in [-0.4, -0.2) is 15.8 Å². The van der Waals surface area contributed by atoms with Crippen molar-refractivity contribution in [1.29, 1.82) is 0 Å². The van der Waals surface area contributed by atoms with Crippen LogP contribution in [-0.2, 0) is 58.9 Å². The zero-order valence-corrected chi connectivity index (χ0v) is 38.1. The van der Waals surface area contributed by atoms with Gasteiger partial charge in [0.25, 0.3) is 0 Å². The Morgan fingerprint density at radius 1 is 0.361 bits per heavy atom. The fourth-order valence-corrected chi connectivity index (χ4v) is 7.67. The van der Waals surface area contributed by atoms with Crippen LogP contribution in [0.1, 0.15) is 11.1 Å². The molecule has 0 saturated carbocycles. The van der Waals surface area contributed by atoms with Gasteiger partial charge in [0, 0.05) is 125 Å². The number of fused-ring (bicyclic) bond motifs is 6. The van der Waals surface area contributed by atoms with Gasteiger partial charge in [-0.2, -0.15) is 0 Å². The van der Waals surface area contributed by atoms with Crippen LogP contribution in [0.2, 0.25) is 0 Å². The largest absolute Gasteiger partial charge is 0.366 e. The standard InChI is InChI=1S/C25H22N2.2C15H10N.2Au/c1-5-13-22(14-6-1)26(23-15-7-2-8-16-23)21-27(24-17-9-3-10-18-24)25-19-11-4-12-20-25;2*1-3-11-8-9-13-12-6-4-5-7-14(12)16(2)15(13)10-11;;/h1-20H,21H2;2*4-10H,2H3;;/q;2*-1;;. The number of aromatic nitrogens is 2. The number of benzene rings is 8. The third-order valence-corrected chi connectivity index (χ3v) is 10.7. The zero-order chi connectivity index (χ0) is 40.6. The molecule has 10 aromatic rings. The monoisotopic (exact) mass is 1150 g/mol. The molecular weight excluding hydrogens is 1110 g/mol. The van der Waals surface area contributed by atoms with Crippen molar-refractivity contribution in [3.63, 3.8) is 0 Å². The van der Waals surface area contributed by atoms with Crippen LogP contribution in [0.25, 0.3) is 43.6 Å². The number of nitrogens with zero attached hydrogens (tertiary/aromatic N) is 4. The first-order valence-corrected chi connectivity index (χ1v) is 19.6. The van der Waals surface area contributed by atoms with Crippen molar-refractivity contribution < 1.29 is 44.8 Å². The summed E-state index contributed by atoms with van der Waals surface area (Å²) in [6.45, 7) is 0.710. The summed E-state index contributed by atoms with van der Waals surface area (Å²) < 4.78 is 4.32. The van der Waals surface area contributed by atoms with Crippen LogP contribution in [0.3, 0.4) is 0 Å². The van der Waals surface area contributed by atoms with Gasteiger partial charge in [-0.05, 0) is 60.7 Å². The van der Waals surface area contributed by atoms with E-state index in [1.54, 1.807) is 0 Å². The van der Waals surface area contributed by atoms with Gasteiger partial charge in [0.2, 0.25) is 0 Å². The van der Waals surface area contributed by atoms with Gasteiger partial charge in [0.05, 0.1) is 6.67 Å². The van der Waals surface area contributed by atoms with Crippen molar-refractivity contribution in [2.75, 3.05) is 16.5 Å². The Kier molecular flexibility index (Phi) is 15.0. The minimum absolute atomic E-state index is 0. The van der Waals surface area contributed by atoms with Gasteiger partial charge in [-0.1, -0.05) is 121 Å². The molecule has 0 N–H and O–H groups in total. The average molecular weight is 1150 g/mol. The first-order chi connectivity index (χ1) is 29.0. The minimum atomic E-state index is 0. The van der Waals surface area contributed by atoms with Crippen molar-refractivity contribution in [2.24, 2.45) is 14.1 Å². The molecule has 6 heteroatoms. The van der Waals surface area contributed by atoms with E-state index in [2.05, 4.69) is 215 Å². The SMILES string of the molecule is [Au].[Au].[C-]#Cc1ccc2c3ccccc3n(C)c2c1.[C-]#Cc1ccc2c3ccccc3n(C)c2c1.c1ccc(N(CN(c2ccccc2)c2ccccc2)c2ccccc2)cc1. The van der Waals surface area contributed by atoms with Gasteiger partial charge in [0.1, 0.15) is 0 Å². The van der Waals surface area contributed by atoms with Gasteiger partial charge < -0.3 is 31.8 Å². The van der Waals surface area contributed by atoms with E-state index in [4.69, 9.17) is 12.8 Å². The summed E-state index contributed by atoms with van der Waals surface area (Å²) in [5.41, 5.74) is 11.1. The number of aryl methyl sites for hydroxylation is 2. The molecule has 0 spiro atoms. The second-order valence-electron chi connectivity index (χ2n) is 14.2. The molecule has 0 saturated heterocycles. The van der Waals surface area contributed by atoms with Crippen molar-refractivity contribution in [3.8, 4) is 11.8 Å².